The minimum absolute atomic E-state index is 0.565. The molecular formula is C14H23N3O. The van der Waals surface area contributed by atoms with Gasteiger partial charge in [0.15, 0.2) is 0 Å². The summed E-state index contributed by atoms with van der Waals surface area (Å²) in [5.41, 5.74) is 7.68. The topological polar surface area (TPSA) is 50.5 Å². The van der Waals surface area contributed by atoms with E-state index < -0.39 is 0 Å². The highest BCUT2D eigenvalue weighted by Crippen LogP contribution is 2.14. The van der Waals surface area contributed by atoms with Gasteiger partial charge < -0.3 is 15.8 Å². The summed E-state index contributed by atoms with van der Waals surface area (Å²) in [5, 5.41) is 3.47. The highest BCUT2D eigenvalue weighted by atomic mass is 16.5. The van der Waals surface area contributed by atoms with Gasteiger partial charge in [-0.3, -0.25) is 4.90 Å². The maximum Gasteiger partial charge on any atom is 0.0594 e. The summed E-state index contributed by atoms with van der Waals surface area (Å²) in [6.07, 6.45) is 1.15. The maximum atomic E-state index is 5.77. The van der Waals surface area contributed by atoms with Crippen molar-refractivity contribution in [3.63, 3.8) is 0 Å². The van der Waals surface area contributed by atoms with Crippen LogP contribution in [0, 0.1) is 0 Å². The number of rotatable bonds is 5. The zero-order chi connectivity index (χ0) is 12.8. The molecule has 1 aromatic rings. The number of nitrogens with zero attached hydrogens (tertiary/aromatic N) is 1. The summed E-state index contributed by atoms with van der Waals surface area (Å²) in [5.74, 6) is 0. The van der Waals surface area contributed by atoms with Gasteiger partial charge in [-0.05, 0) is 24.6 Å². The predicted octanol–water partition coefficient (Wildman–Crippen LogP) is 1.79. The first-order chi connectivity index (χ1) is 8.79. The van der Waals surface area contributed by atoms with Crippen molar-refractivity contribution in [1.82, 2.24) is 4.90 Å². The summed E-state index contributed by atoms with van der Waals surface area (Å²) in [4.78, 5) is 2.50. The maximum absolute atomic E-state index is 5.77. The number of anilines is 2. The summed E-state index contributed by atoms with van der Waals surface area (Å²) in [6.45, 7) is 6.99. The van der Waals surface area contributed by atoms with Crippen LogP contribution in [0.15, 0.2) is 24.3 Å². The first-order valence-corrected chi connectivity index (χ1v) is 6.71. The smallest absolute Gasteiger partial charge is 0.0594 e. The Morgan fingerprint density at radius 2 is 2.17 bits per heavy atom. The highest BCUT2D eigenvalue weighted by Gasteiger charge is 2.18. The fraction of sp³-hybridized carbons (Fsp3) is 0.571. The zero-order valence-electron chi connectivity index (χ0n) is 11.1. The quantitative estimate of drug-likeness (QED) is 0.781. The second-order valence-electron chi connectivity index (χ2n) is 4.72. The Morgan fingerprint density at radius 3 is 2.83 bits per heavy atom. The molecule has 1 heterocycles. The Hall–Kier alpha value is -1.26. The van der Waals surface area contributed by atoms with Crippen molar-refractivity contribution in [2.75, 3.05) is 43.9 Å². The number of benzene rings is 1. The number of morpholine rings is 1. The van der Waals surface area contributed by atoms with Gasteiger partial charge in [-0.2, -0.15) is 0 Å². The van der Waals surface area contributed by atoms with Crippen LogP contribution in [-0.4, -0.2) is 43.8 Å². The summed E-state index contributed by atoms with van der Waals surface area (Å²) < 4.78 is 5.39. The van der Waals surface area contributed by atoms with Crippen molar-refractivity contribution in [3.05, 3.63) is 24.3 Å². The second-order valence-corrected chi connectivity index (χ2v) is 4.72. The van der Waals surface area contributed by atoms with Crippen LogP contribution in [-0.2, 0) is 4.74 Å². The molecule has 4 nitrogen and oxygen atoms in total. The van der Waals surface area contributed by atoms with Gasteiger partial charge in [-0.15, -0.1) is 0 Å². The molecule has 0 saturated carbocycles. The molecule has 1 unspecified atom stereocenters. The lowest BCUT2D eigenvalue weighted by Crippen LogP contribution is -2.46. The van der Waals surface area contributed by atoms with Gasteiger partial charge >= 0.3 is 0 Å². The number of hydrogen-bond donors (Lipinski definition) is 2. The predicted molar refractivity (Wildman–Crippen MR) is 75.8 cm³/mol. The lowest BCUT2D eigenvalue weighted by molar-refractivity contribution is 0.0184. The molecule has 1 aliphatic rings. The van der Waals surface area contributed by atoms with Crippen molar-refractivity contribution in [3.8, 4) is 0 Å². The largest absolute Gasteiger partial charge is 0.399 e. The number of hydrogen-bond acceptors (Lipinski definition) is 4. The van der Waals surface area contributed by atoms with Gasteiger partial charge in [-0.25, -0.2) is 0 Å². The molecule has 4 heteroatoms. The van der Waals surface area contributed by atoms with Gasteiger partial charge in [0.1, 0.15) is 0 Å². The van der Waals surface area contributed by atoms with Gasteiger partial charge in [0.2, 0.25) is 0 Å². The highest BCUT2D eigenvalue weighted by molar-refractivity contribution is 5.54. The first kappa shape index (κ1) is 13.2. The van der Waals surface area contributed by atoms with E-state index in [0.29, 0.717) is 6.04 Å². The molecule has 0 amide bonds. The Labute approximate surface area is 109 Å². The number of ether oxygens (including phenoxy) is 1. The monoisotopic (exact) mass is 249 g/mol. The van der Waals surface area contributed by atoms with E-state index in [9.17, 15) is 0 Å². The molecule has 1 fully saturated rings. The minimum atomic E-state index is 0.565. The summed E-state index contributed by atoms with van der Waals surface area (Å²) in [7, 11) is 0. The van der Waals surface area contributed by atoms with Gasteiger partial charge in [0, 0.05) is 37.1 Å². The molecule has 100 valence electrons. The summed E-state index contributed by atoms with van der Waals surface area (Å²) in [6, 6.07) is 8.49. The van der Waals surface area contributed by atoms with E-state index in [0.717, 1.165) is 50.6 Å². The van der Waals surface area contributed by atoms with Crippen molar-refractivity contribution in [2.45, 2.75) is 19.4 Å². The molecule has 0 bridgehead atoms. The zero-order valence-corrected chi connectivity index (χ0v) is 11.1. The molecule has 18 heavy (non-hydrogen) atoms. The third-order valence-electron chi connectivity index (χ3n) is 3.46. The molecule has 0 radical (unpaired) electrons. The molecule has 1 aliphatic heterocycles. The Kier molecular flexibility index (Phi) is 4.84. The van der Waals surface area contributed by atoms with E-state index in [1.54, 1.807) is 0 Å². The first-order valence-electron chi connectivity index (χ1n) is 6.71. The molecule has 3 N–H and O–H groups in total. The van der Waals surface area contributed by atoms with Crippen molar-refractivity contribution in [1.29, 1.82) is 0 Å². The molecule has 2 rings (SSSR count). The van der Waals surface area contributed by atoms with Crippen molar-refractivity contribution >= 4 is 11.4 Å². The minimum Gasteiger partial charge on any atom is -0.399 e. The van der Waals surface area contributed by atoms with Crippen LogP contribution in [0.1, 0.15) is 13.3 Å². The molecule has 1 atom stereocenters. The average molecular weight is 249 g/mol. The third kappa shape index (κ3) is 3.62. The lowest BCUT2D eigenvalue weighted by Gasteiger charge is -2.34. The molecular weight excluding hydrogens is 226 g/mol. The number of nitrogens with one attached hydrogen (secondary N) is 1. The van der Waals surface area contributed by atoms with Crippen LogP contribution in [0.3, 0.4) is 0 Å². The molecule has 0 aliphatic carbocycles. The molecule has 0 spiro atoms. The van der Waals surface area contributed by atoms with E-state index in [1.165, 1.54) is 0 Å². The fourth-order valence-corrected chi connectivity index (χ4v) is 2.36. The Morgan fingerprint density at radius 1 is 1.39 bits per heavy atom. The Bertz CT molecular complexity index is 364. The molecule has 1 saturated heterocycles. The van der Waals surface area contributed by atoms with Crippen LogP contribution in [0.2, 0.25) is 0 Å². The van der Waals surface area contributed by atoms with Crippen molar-refractivity contribution in [2.24, 2.45) is 0 Å². The van der Waals surface area contributed by atoms with E-state index in [1.807, 2.05) is 18.2 Å². The van der Waals surface area contributed by atoms with Crippen LogP contribution in [0.25, 0.3) is 0 Å². The van der Waals surface area contributed by atoms with E-state index in [4.69, 9.17) is 10.5 Å². The van der Waals surface area contributed by atoms with Crippen LogP contribution < -0.4 is 11.1 Å². The fourth-order valence-electron chi connectivity index (χ4n) is 2.36. The van der Waals surface area contributed by atoms with Gasteiger partial charge in [-0.1, -0.05) is 13.0 Å². The summed E-state index contributed by atoms with van der Waals surface area (Å²) >= 11 is 0. The SMILES string of the molecule is CCC(CNc1cccc(N)c1)N1CCOCC1. The number of nitrogens with two attached hydrogens (primary N) is 1. The van der Waals surface area contributed by atoms with E-state index in [2.05, 4.69) is 23.2 Å². The normalized spacial score (nSPS) is 18.5. The van der Waals surface area contributed by atoms with E-state index >= 15 is 0 Å². The second kappa shape index (κ2) is 6.61. The lowest BCUT2D eigenvalue weighted by atomic mass is 10.1. The van der Waals surface area contributed by atoms with Crippen LogP contribution in [0.5, 0.6) is 0 Å². The van der Waals surface area contributed by atoms with Gasteiger partial charge in [0.05, 0.1) is 13.2 Å². The molecule has 0 aromatic heterocycles. The third-order valence-corrected chi connectivity index (χ3v) is 3.46. The van der Waals surface area contributed by atoms with Crippen molar-refractivity contribution < 1.29 is 4.74 Å². The number of nitrogen functional groups attached to an aromatic ring is 1. The Balaban J connectivity index is 1.86. The average Bonchev–Trinajstić information content (AvgIpc) is 2.41. The standard InChI is InChI=1S/C14H23N3O/c1-2-14(17-6-8-18-9-7-17)11-16-13-5-3-4-12(15)10-13/h3-5,10,14,16H,2,6-9,11,15H2,1H3. The molecule has 1 aromatic carbocycles. The van der Waals surface area contributed by atoms with E-state index in [-0.39, 0.29) is 0 Å². The van der Waals surface area contributed by atoms with Crippen LogP contribution in [0.4, 0.5) is 11.4 Å². The van der Waals surface area contributed by atoms with Gasteiger partial charge in [0.25, 0.3) is 0 Å². The van der Waals surface area contributed by atoms with Crippen LogP contribution >= 0.6 is 0 Å².